The molecule has 3 aromatic rings. The first kappa shape index (κ1) is 20.6. The molecule has 1 amide bonds. The number of piperazine rings is 1. The van der Waals surface area contributed by atoms with Gasteiger partial charge in [0.15, 0.2) is 0 Å². The van der Waals surface area contributed by atoms with Gasteiger partial charge in [-0.15, -0.1) is 11.3 Å². The Hall–Kier alpha value is -2.31. The van der Waals surface area contributed by atoms with Crippen LogP contribution in [0.5, 0.6) is 0 Å². The van der Waals surface area contributed by atoms with Crippen LogP contribution in [0.4, 0.5) is 11.4 Å². The minimum absolute atomic E-state index is 0.00782. The van der Waals surface area contributed by atoms with Gasteiger partial charge in [-0.05, 0) is 67.6 Å². The third-order valence-electron chi connectivity index (χ3n) is 6.91. The fourth-order valence-corrected chi connectivity index (χ4v) is 5.83. The van der Waals surface area contributed by atoms with Crippen LogP contribution < -0.4 is 10.2 Å². The Morgan fingerprint density at radius 2 is 1.77 bits per heavy atom. The molecule has 1 N–H and O–H groups in total. The number of hydrogen-bond acceptors (Lipinski definition) is 4. The van der Waals surface area contributed by atoms with Crippen molar-refractivity contribution >= 4 is 38.8 Å². The molecule has 31 heavy (non-hydrogen) atoms. The number of anilines is 2. The first-order chi connectivity index (χ1) is 15.2. The third-order valence-corrected chi connectivity index (χ3v) is 7.77. The van der Waals surface area contributed by atoms with Crippen molar-refractivity contribution in [3.8, 4) is 0 Å². The number of carbonyl (C=O) groups excluding carboxylic acids is 1. The van der Waals surface area contributed by atoms with Crippen LogP contribution in [-0.2, 0) is 6.54 Å². The monoisotopic (exact) mass is 436 g/mol. The molecule has 3 heterocycles. The first-order valence-electron chi connectivity index (χ1n) is 11.6. The lowest BCUT2D eigenvalue weighted by atomic mass is 9.89. The molecule has 1 aromatic carbocycles. The Morgan fingerprint density at radius 1 is 1.03 bits per heavy atom. The molecule has 0 radical (unpaired) electrons. The highest BCUT2D eigenvalue weighted by Crippen LogP contribution is 2.31. The van der Waals surface area contributed by atoms with Crippen molar-refractivity contribution < 1.29 is 4.79 Å². The van der Waals surface area contributed by atoms with E-state index in [1.165, 1.54) is 48.0 Å². The summed E-state index contributed by atoms with van der Waals surface area (Å²) in [7, 11) is 2.17. The predicted molar refractivity (Wildman–Crippen MR) is 130 cm³/mol. The number of likely N-dealkylation sites (N-methyl/N-ethyl adjacent to an activating group) is 1. The largest absolute Gasteiger partial charge is 0.369 e. The molecule has 2 fully saturated rings. The first-order valence-corrected chi connectivity index (χ1v) is 12.5. The van der Waals surface area contributed by atoms with Crippen molar-refractivity contribution in [1.29, 1.82) is 0 Å². The summed E-state index contributed by atoms with van der Waals surface area (Å²) in [5, 5.41) is 5.27. The van der Waals surface area contributed by atoms with Crippen LogP contribution in [0.25, 0.3) is 10.2 Å². The SMILES string of the molecule is CN1CCN(c2ccc(NC(=O)c3cc4sccc4n3CC3CCCCC3)cc2)CC1. The van der Waals surface area contributed by atoms with Gasteiger partial charge in [0.05, 0.1) is 10.2 Å². The Morgan fingerprint density at radius 3 is 2.52 bits per heavy atom. The van der Waals surface area contributed by atoms with Gasteiger partial charge < -0.3 is 19.7 Å². The van der Waals surface area contributed by atoms with E-state index in [0.29, 0.717) is 5.92 Å². The van der Waals surface area contributed by atoms with E-state index < -0.39 is 0 Å². The normalized spacial score (nSPS) is 18.5. The molecule has 2 aliphatic rings. The molecule has 0 atom stereocenters. The lowest BCUT2D eigenvalue weighted by Gasteiger charge is -2.34. The van der Waals surface area contributed by atoms with E-state index >= 15 is 0 Å². The molecule has 1 saturated carbocycles. The Labute approximate surface area is 188 Å². The van der Waals surface area contributed by atoms with Crippen molar-refractivity contribution in [2.24, 2.45) is 5.92 Å². The molecule has 2 aromatic heterocycles. The van der Waals surface area contributed by atoms with Crippen LogP contribution in [0.3, 0.4) is 0 Å². The van der Waals surface area contributed by atoms with Gasteiger partial charge >= 0.3 is 0 Å². The number of thiophene rings is 1. The summed E-state index contributed by atoms with van der Waals surface area (Å²) in [6.07, 6.45) is 6.55. The van der Waals surface area contributed by atoms with Gasteiger partial charge in [-0.2, -0.15) is 0 Å². The number of nitrogens with one attached hydrogen (secondary N) is 1. The van der Waals surface area contributed by atoms with Crippen LogP contribution >= 0.6 is 11.3 Å². The standard InChI is InChI=1S/C25H32N4OS/c1-27-12-14-28(15-13-27)21-9-7-20(8-10-21)26-25(30)23-17-24-22(11-16-31-24)29(23)18-19-5-3-2-4-6-19/h7-11,16-17,19H,2-6,12-15,18H2,1H3,(H,26,30). The summed E-state index contributed by atoms with van der Waals surface area (Å²) >= 11 is 1.72. The molecule has 5 nitrogen and oxygen atoms in total. The van der Waals surface area contributed by atoms with Gasteiger partial charge in [-0.25, -0.2) is 0 Å². The Balaban J connectivity index is 1.31. The highest BCUT2D eigenvalue weighted by Gasteiger charge is 2.21. The van der Waals surface area contributed by atoms with Crippen LogP contribution in [0, 0.1) is 5.92 Å². The highest BCUT2D eigenvalue weighted by atomic mass is 32.1. The number of hydrogen-bond donors (Lipinski definition) is 1. The lowest BCUT2D eigenvalue weighted by molar-refractivity contribution is 0.101. The van der Waals surface area contributed by atoms with Crippen LogP contribution in [0.15, 0.2) is 41.8 Å². The average molecular weight is 437 g/mol. The molecule has 164 valence electrons. The minimum Gasteiger partial charge on any atom is -0.369 e. The maximum atomic E-state index is 13.2. The zero-order valence-corrected chi connectivity index (χ0v) is 19.2. The molecular formula is C25H32N4OS. The van der Waals surface area contributed by atoms with E-state index in [4.69, 9.17) is 0 Å². The van der Waals surface area contributed by atoms with Gasteiger partial charge in [0.2, 0.25) is 0 Å². The van der Waals surface area contributed by atoms with Crippen LogP contribution in [0.1, 0.15) is 42.6 Å². The highest BCUT2D eigenvalue weighted by molar-refractivity contribution is 7.17. The van der Waals surface area contributed by atoms with Crippen LogP contribution in [-0.4, -0.2) is 48.6 Å². The van der Waals surface area contributed by atoms with Gasteiger partial charge in [-0.1, -0.05) is 19.3 Å². The summed E-state index contributed by atoms with van der Waals surface area (Å²) in [4.78, 5) is 18.0. The zero-order chi connectivity index (χ0) is 21.2. The molecule has 1 saturated heterocycles. The van der Waals surface area contributed by atoms with E-state index in [-0.39, 0.29) is 5.91 Å². The molecule has 1 aliphatic carbocycles. The molecule has 0 unspecified atom stereocenters. The van der Waals surface area contributed by atoms with Gasteiger partial charge in [-0.3, -0.25) is 4.79 Å². The Kier molecular flexibility index (Phi) is 6.01. The van der Waals surface area contributed by atoms with Gasteiger partial charge in [0.25, 0.3) is 5.91 Å². The number of nitrogens with zero attached hydrogens (tertiary/aromatic N) is 3. The van der Waals surface area contributed by atoms with Gasteiger partial charge in [0, 0.05) is 44.1 Å². The van der Waals surface area contributed by atoms with E-state index in [1.807, 2.05) is 12.1 Å². The second-order valence-electron chi connectivity index (χ2n) is 9.11. The lowest BCUT2D eigenvalue weighted by Crippen LogP contribution is -2.44. The number of benzene rings is 1. The zero-order valence-electron chi connectivity index (χ0n) is 18.3. The minimum atomic E-state index is -0.00782. The molecule has 6 heteroatoms. The van der Waals surface area contributed by atoms with Crippen molar-refractivity contribution in [3.63, 3.8) is 0 Å². The van der Waals surface area contributed by atoms with Crippen molar-refractivity contribution in [3.05, 3.63) is 47.5 Å². The molecule has 1 aliphatic heterocycles. The summed E-state index contributed by atoms with van der Waals surface area (Å²) < 4.78 is 3.46. The van der Waals surface area contributed by atoms with Crippen molar-refractivity contribution in [2.75, 3.05) is 43.4 Å². The fourth-order valence-electron chi connectivity index (χ4n) is 5.01. The van der Waals surface area contributed by atoms with Crippen molar-refractivity contribution in [1.82, 2.24) is 9.47 Å². The summed E-state index contributed by atoms with van der Waals surface area (Å²) in [6.45, 7) is 5.23. The maximum Gasteiger partial charge on any atom is 0.272 e. The van der Waals surface area contributed by atoms with E-state index in [0.717, 1.165) is 44.1 Å². The summed E-state index contributed by atoms with van der Waals surface area (Å²) in [5.41, 5.74) is 4.07. The third kappa shape index (κ3) is 4.51. The molecular weight excluding hydrogens is 404 g/mol. The number of rotatable bonds is 5. The van der Waals surface area contributed by atoms with Crippen molar-refractivity contribution in [2.45, 2.75) is 38.6 Å². The van der Waals surface area contributed by atoms with E-state index in [9.17, 15) is 4.79 Å². The van der Waals surface area contributed by atoms with E-state index in [1.54, 1.807) is 11.3 Å². The number of fused-ring (bicyclic) bond motifs is 1. The number of carbonyl (C=O) groups is 1. The van der Waals surface area contributed by atoms with E-state index in [2.05, 4.69) is 56.4 Å². The second kappa shape index (κ2) is 9.05. The number of amides is 1. The average Bonchev–Trinajstić information content (AvgIpc) is 3.38. The molecule has 0 spiro atoms. The second-order valence-corrected chi connectivity index (χ2v) is 10.1. The Bertz CT molecular complexity index is 1020. The number of aromatic nitrogens is 1. The molecule has 5 rings (SSSR count). The van der Waals surface area contributed by atoms with Gasteiger partial charge in [0.1, 0.15) is 5.69 Å². The summed E-state index contributed by atoms with van der Waals surface area (Å²) in [6, 6.07) is 12.5. The van der Waals surface area contributed by atoms with Crippen LogP contribution in [0.2, 0.25) is 0 Å². The quantitative estimate of drug-likeness (QED) is 0.591. The fraction of sp³-hybridized carbons (Fsp3) is 0.480. The molecule has 0 bridgehead atoms. The smallest absolute Gasteiger partial charge is 0.272 e. The maximum absolute atomic E-state index is 13.2. The summed E-state index contributed by atoms with van der Waals surface area (Å²) in [5.74, 6) is 0.672. The predicted octanol–water partition coefficient (Wildman–Crippen LogP) is 5.29. The topological polar surface area (TPSA) is 40.5 Å².